The van der Waals surface area contributed by atoms with Gasteiger partial charge >= 0.3 is 0 Å². The summed E-state index contributed by atoms with van der Waals surface area (Å²) in [5, 5.41) is 15.1. The smallest absolute Gasteiger partial charge is 0.228 e. The molecule has 3 N–H and O–H groups in total. The van der Waals surface area contributed by atoms with E-state index in [2.05, 4.69) is 10.6 Å². The van der Waals surface area contributed by atoms with Crippen molar-refractivity contribution in [3.05, 3.63) is 29.3 Å². The van der Waals surface area contributed by atoms with Crippen molar-refractivity contribution in [2.45, 2.75) is 51.6 Å². The van der Waals surface area contributed by atoms with Crippen LogP contribution in [0.25, 0.3) is 0 Å². The molecular formula is C17H24N2O3. The van der Waals surface area contributed by atoms with Crippen molar-refractivity contribution in [3.63, 3.8) is 0 Å². The Kier molecular flexibility index (Phi) is 5.95. The van der Waals surface area contributed by atoms with E-state index in [-0.39, 0.29) is 17.9 Å². The lowest BCUT2D eigenvalue weighted by molar-refractivity contribution is -0.121. The molecule has 22 heavy (non-hydrogen) atoms. The van der Waals surface area contributed by atoms with Crippen molar-refractivity contribution < 1.29 is 14.7 Å². The zero-order valence-corrected chi connectivity index (χ0v) is 13.0. The number of nitrogens with one attached hydrogen (secondary N) is 2. The van der Waals surface area contributed by atoms with E-state index in [0.717, 1.165) is 29.7 Å². The van der Waals surface area contributed by atoms with E-state index in [1.807, 2.05) is 25.1 Å². The molecule has 1 aromatic carbocycles. The molecule has 0 fully saturated rings. The molecule has 1 aliphatic rings. The van der Waals surface area contributed by atoms with Crippen molar-refractivity contribution >= 4 is 17.5 Å². The van der Waals surface area contributed by atoms with Crippen molar-refractivity contribution in [3.8, 4) is 0 Å². The third-order valence-electron chi connectivity index (χ3n) is 3.94. The molecule has 1 aliphatic heterocycles. The predicted octanol–water partition coefficient (Wildman–Crippen LogP) is 1.78. The minimum atomic E-state index is -0.331. The summed E-state index contributed by atoms with van der Waals surface area (Å²) >= 11 is 0. The van der Waals surface area contributed by atoms with Crippen LogP contribution in [0.15, 0.2) is 18.2 Å². The Morgan fingerprint density at radius 1 is 1.45 bits per heavy atom. The summed E-state index contributed by atoms with van der Waals surface area (Å²) in [6.45, 7) is 2.45. The average Bonchev–Trinajstić information content (AvgIpc) is 2.86. The van der Waals surface area contributed by atoms with Crippen LogP contribution in [-0.2, 0) is 22.4 Å². The SMILES string of the molecule is CCC(O)CCNC(=O)CCCc1ccc2c(c1)CC(=O)N2. The third-order valence-corrected chi connectivity index (χ3v) is 3.94. The van der Waals surface area contributed by atoms with Gasteiger partial charge in [0.2, 0.25) is 11.8 Å². The van der Waals surface area contributed by atoms with Crippen molar-refractivity contribution in [2.24, 2.45) is 0 Å². The molecule has 5 nitrogen and oxygen atoms in total. The van der Waals surface area contributed by atoms with E-state index in [9.17, 15) is 14.7 Å². The number of aliphatic hydroxyl groups is 1. The van der Waals surface area contributed by atoms with Gasteiger partial charge < -0.3 is 15.7 Å². The van der Waals surface area contributed by atoms with Crippen LogP contribution in [0.2, 0.25) is 0 Å². The zero-order valence-electron chi connectivity index (χ0n) is 13.0. The minimum absolute atomic E-state index is 0.0290. The maximum Gasteiger partial charge on any atom is 0.228 e. The highest BCUT2D eigenvalue weighted by Gasteiger charge is 2.17. The van der Waals surface area contributed by atoms with Crippen molar-refractivity contribution in [2.75, 3.05) is 11.9 Å². The van der Waals surface area contributed by atoms with E-state index in [4.69, 9.17) is 0 Å². The fourth-order valence-corrected chi connectivity index (χ4v) is 2.56. The first-order chi connectivity index (χ1) is 10.6. The molecule has 5 heteroatoms. The number of amides is 2. The van der Waals surface area contributed by atoms with Gasteiger partial charge in [0.25, 0.3) is 0 Å². The van der Waals surface area contributed by atoms with Crippen LogP contribution in [0.5, 0.6) is 0 Å². The summed E-state index contributed by atoms with van der Waals surface area (Å²) in [6.07, 6.45) is 3.52. The first-order valence-corrected chi connectivity index (χ1v) is 7.95. The topological polar surface area (TPSA) is 78.4 Å². The van der Waals surface area contributed by atoms with Gasteiger partial charge in [0, 0.05) is 18.7 Å². The number of aliphatic hydroxyl groups excluding tert-OH is 1. The van der Waals surface area contributed by atoms with Crippen molar-refractivity contribution in [1.29, 1.82) is 0 Å². The lowest BCUT2D eigenvalue weighted by atomic mass is 10.0. The Balaban J connectivity index is 1.67. The minimum Gasteiger partial charge on any atom is -0.393 e. The first-order valence-electron chi connectivity index (χ1n) is 7.95. The second-order valence-corrected chi connectivity index (χ2v) is 5.77. The quantitative estimate of drug-likeness (QED) is 0.685. The highest BCUT2D eigenvalue weighted by atomic mass is 16.3. The van der Waals surface area contributed by atoms with Crippen LogP contribution in [-0.4, -0.2) is 29.6 Å². The summed E-state index contributed by atoms with van der Waals surface area (Å²) in [5.41, 5.74) is 3.10. The van der Waals surface area contributed by atoms with Crippen LogP contribution in [0.3, 0.4) is 0 Å². The Bertz CT molecular complexity index is 543. The molecule has 1 atom stereocenters. The molecular weight excluding hydrogens is 280 g/mol. The van der Waals surface area contributed by atoms with Gasteiger partial charge in [-0.15, -0.1) is 0 Å². The average molecular weight is 304 g/mol. The highest BCUT2D eigenvalue weighted by molar-refractivity contribution is 5.99. The second-order valence-electron chi connectivity index (χ2n) is 5.77. The summed E-state index contributed by atoms with van der Waals surface area (Å²) in [6, 6.07) is 5.98. The molecule has 0 saturated carbocycles. The van der Waals surface area contributed by atoms with Gasteiger partial charge in [-0.3, -0.25) is 9.59 Å². The second kappa shape index (κ2) is 7.94. The zero-order chi connectivity index (χ0) is 15.9. The Morgan fingerprint density at radius 2 is 2.27 bits per heavy atom. The Labute approximate surface area is 131 Å². The summed E-state index contributed by atoms with van der Waals surface area (Å²) < 4.78 is 0. The lowest BCUT2D eigenvalue weighted by Gasteiger charge is -2.09. The van der Waals surface area contributed by atoms with E-state index >= 15 is 0 Å². The van der Waals surface area contributed by atoms with Gasteiger partial charge in [0.05, 0.1) is 12.5 Å². The third kappa shape index (κ3) is 4.84. The molecule has 0 spiro atoms. The maximum atomic E-state index is 11.7. The number of rotatable bonds is 8. The molecule has 0 aromatic heterocycles. The van der Waals surface area contributed by atoms with Crippen LogP contribution in [0.4, 0.5) is 5.69 Å². The predicted molar refractivity (Wildman–Crippen MR) is 85.6 cm³/mol. The van der Waals surface area contributed by atoms with Crippen molar-refractivity contribution in [1.82, 2.24) is 5.32 Å². The van der Waals surface area contributed by atoms with Gasteiger partial charge in [0.15, 0.2) is 0 Å². The molecule has 2 amide bonds. The number of hydrogen-bond donors (Lipinski definition) is 3. The Morgan fingerprint density at radius 3 is 3.05 bits per heavy atom. The van der Waals surface area contributed by atoms with Crippen LogP contribution < -0.4 is 10.6 Å². The largest absolute Gasteiger partial charge is 0.393 e. The molecule has 0 saturated heterocycles. The first kappa shape index (κ1) is 16.5. The fourth-order valence-electron chi connectivity index (χ4n) is 2.56. The lowest BCUT2D eigenvalue weighted by Crippen LogP contribution is -2.26. The number of benzene rings is 1. The Hall–Kier alpha value is -1.88. The van der Waals surface area contributed by atoms with Gasteiger partial charge in [-0.2, -0.15) is 0 Å². The number of carbonyl (C=O) groups excluding carboxylic acids is 2. The van der Waals surface area contributed by atoms with E-state index in [0.29, 0.717) is 32.2 Å². The van der Waals surface area contributed by atoms with Gasteiger partial charge in [-0.05, 0) is 42.9 Å². The fraction of sp³-hybridized carbons (Fsp3) is 0.529. The molecule has 1 unspecified atom stereocenters. The van der Waals surface area contributed by atoms with E-state index in [1.165, 1.54) is 0 Å². The molecule has 0 bridgehead atoms. The monoisotopic (exact) mass is 304 g/mol. The van der Waals surface area contributed by atoms with Crippen LogP contribution in [0.1, 0.15) is 43.7 Å². The normalized spacial score (nSPS) is 14.4. The molecule has 0 radical (unpaired) electrons. The molecule has 1 aromatic rings. The standard InChI is InChI=1S/C17H24N2O3/c1-2-14(20)8-9-18-16(21)5-3-4-12-6-7-15-13(10-12)11-17(22)19-15/h6-7,10,14,20H,2-5,8-9,11H2,1H3,(H,18,21)(H,19,22). The van der Waals surface area contributed by atoms with Gasteiger partial charge in [-0.25, -0.2) is 0 Å². The molecule has 0 aliphatic carbocycles. The van der Waals surface area contributed by atoms with Gasteiger partial charge in [0.1, 0.15) is 0 Å². The number of fused-ring (bicyclic) bond motifs is 1. The maximum absolute atomic E-state index is 11.7. The summed E-state index contributed by atoms with van der Waals surface area (Å²) in [4.78, 5) is 23.0. The summed E-state index contributed by atoms with van der Waals surface area (Å²) in [5.74, 6) is 0.0714. The molecule has 1 heterocycles. The van der Waals surface area contributed by atoms with Gasteiger partial charge in [-0.1, -0.05) is 19.1 Å². The van der Waals surface area contributed by atoms with E-state index in [1.54, 1.807) is 0 Å². The number of hydrogen-bond acceptors (Lipinski definition) is 3. The van der Waals surface area contributed by atoms with Crippen LogP contribution >= 0.6 is 0 Å². The van der Waals surface area contributed by atoms with Crippen LogP contribution in [0, 0.1) is 0 Å². The number of anilines is 1. The van der Waals surface area contributed by atoms with E-state index < -0.39 is 0 Å². The summed E-state index contributed by atoms with van der Waals surface area (Å²) in [7, 11) is 0. The number of aryl methyl sites for hydroxylation is 1. The number of carbonyl (C=O) groups is 2. The highest BCUT2D eigenvalue weighted by Crippen LogP contribution is 2.24. The molecule has 2 rings (SSSR count). The molecule has 120 valence electrons.